The number of amides is 1. The molecule has 0 radical (unpaired) electrons. The van der Waals surface area contributed by atoms with Crippen LogP contribution >= 0.6 is 0 Å². The molecule has 2 fully saturated rings. The second kappa shape index (κ2) is 7.07. The zero-order valence-electron chi connectivity index (χ0n) is 11.3. The predicted octanol–water partition coefficient (Wildman–Crippen LogP) is -0.177. The SMILES string of the molecule is CCN1CCOC(C(=O)NCC2CCCNC2)C1. The molecular weight excluding hydrogens is 230 g/mol. The fourth-order valence-corrected chi connectivity index (χ4v) is 2.61. The molecule has 0 aromatic carbocycles. The Balaban J connectivity index is 1.70. The molecule has 0 aromatic heterocycles. The van der Waals surface area contributed by atoms with Gasteiger partial charge < -0.3 is 15.4 Å². The molecule has 2 N–H and O–H groups in total. The summed E-state index contributed by atoms with van der Waals surface area (Å²) in [5.74, 6) is 0.632. The number of hydrogen-bond donors (Lipinski definition) is 2. The average Bonchev–Trinajstić information content (AvgIpc) is 2.46. The zero-order chi connectivity index (χ0) is 12.8. The Bertz CT molecular complexity index is 267. The van der Waals surface area contributed by atoms with Gasteiger partial charge in [-0.15, -0.1) is 0 Å². The van der Waals surface area contributed by atoms with E-state index in [0.717, 1.165) is 39.3 Å². The topological polar surface area (TPSA) is 53.6 Å². The molecule has 0 saturated carbocycles. The van der Waals surface area contributed by atoms with Crippen molar-refractivity contribution in [2.75, 3.05) is 45.9 Å². The first-order chi connectivity index (χ1) is 8.79. The Morgan fingerprint density at radius 3 is 3.17 bits per heavy atom. The van der Waals surface area contributed by atoms with Crippen LogP contribution in [0.2, 0.25) is 0 Å². The van der Waals surface area contributed by atoms with Crippen LogP contribution in [0.25, 0.3) is 0 Å². The van der Waals surface area contributed by atoms with E-state index >= 15 is 0 Å². The Morgan fingerprint density at radius 2 is 2.44 bits per heavy atom. The van der Waals surface area contributed by atoms with E-state index in [1.807, 2.05) is 0 Å². The van der Waals surface area contributed by atoms with Crippen molar-refractivity contribution in [1.29, 1.82) is 0 Å². The highest BCUT2D eigenvalue weighted by molar-refractivity contribution is 5.81. The lowest BCUT2D eigenvalue weighted by Gasteiger charge is -2.31. The minimum atomic E-state index is -0.282. The van der Waals surface area contributed by atoms with Crippen molar-refractivity contribution in [2.45, 2.75) is 25.9 Å². The van der Waals surface area contributed by atoms with Crippen LogP contribution < -0.4 is 10.6 Å². The summed E-state index contributed by atoms with van der Waals surface area (Å²) in [5, 5.41) is 6.40. The van der Waals surface area contributed by atoms with Crippen LogP contribution in [0.4, 0.5) is 0 Å². The smallest absolute Gasteiger partial charge is 0.250 e. The summed E-state index contributed by atoms with van der Waals surface area (Å²) in [4.78, 5) is 14.3. The number of nitrogens with one attached hydrogen (secondary N) is 2. The highest BCUT2D eigenvalue weighted by Gasteiger charge is 2.26. The fraction of sp³-hybridized carbons (Fsp3) is 0.923. The molecule has 2 atom stereocenters. The average molecular weight is 255 g/mol. The Kier molecular flexibility index (Phi) is 5.41. The van der Waals surface area contributed by atoms with Crippen molar-refractivity contribution in [3.63, 3.8) is 0 Å². The molecule has 0 bridgehead atoms. The molecule has 2 aliphatic heterocycles. The first-order valence-corrected chi connectivity index (χ1v) is 7.12. The van der Waals surface area contributed by atoms with E-state index in [0.29, 0.717) is 12.5 Å². The van der Waals surface area contributed by atoms with E-state index in [1.165, 1.54) is 12.8 Å². The van der Waals surface area contributed by atoms with Crippen LogP contribution in [0.1, 0.15) is 19.8 Å². The molecule has 0 aliphatic carbocycles. The maximum absolute atomic E-state index is 12.0. The Hall–Kier alpha value is -0.650. The van der Waals surface area contributed by atoms with Crippen LogP contribution in [0.5, 0.6) is 0 Å². The lowest BCUT2D eigenvalue weighted by atomic mass is 10.00. The van der Waals surface area contributed by atoms with Gasteiger partial charge in [-0.2, -0.15) is 0 Å². The van der Waals surface area contributed by atoms with Crippen LogP contribution in [0.3, 0.4) is 0 Å². The van der Waals surface area contributed by atoms with Gasteiger partial charge in [0.15, 0.2) is 0 Å². The second-order valence-electron chi connectivity index (χ2n) is 5.21. The van der Waals surface area contributed by atoms with Gasteiger partial charge >= 0.3 is 0 Å². The van der Waals surface area contributed by atoms with Crippen molar-refractivity contribution in [3.05, 3.63) is 0 Å². The maximum atomic E-state index is 12.0. The van der Waals surface area contributed by atoms with Crippen LogP contribution in [0, 0.1) is 5.92 Å². The molecule has 2 rings (SSSR count). The van der Waals surface area contributed by atoms with Crippen molar-refractivity contribution < 1.29 is 9.53 Å². The van der Waals surface area contributed by atoms with Gasteiger partial charge in [0.05, 0.1) is 6.61 Å². The zero-order valence-corrected chi connectivity index (χ0v) is 11.3. The number of rotatable bonds is 4. The Morgan fingerprint density at radius 1 is 1.56 bits per heavy atom. The third-order valence-corrected chi connectivity index (χ3v) is 3.85. The lowest BCUT2D eigenvalue weighted by molar-refractivity contribution is -0.138. The number of piperidine rings is 1. The number of morpholine rings is 1. The van der Waals surface area contributed by atoms with Crippen LogP contribution in [0.15, 0.2) is 0 Å². The largest absolute Gasteiger partial charge is 0.366 e. The van der Waals surface area contributed by atoms with E-state index in [-0.39, 0.29) is 12.0 Å². The number of likely N-dealkylation sites (N-methyl/N-ethyl adjacent to an activating group) is 1. The van der Waals surface area contributed by atoms with Gasteiger partial charge in [-0.05, 0) is 38.4 Å². The van der Waals surface area contributed by atoms with Gasteiger partial charge in [0.25, 0.3) is 0 Å². The molecule has 5 nitrogen and oxygen atoms in total. The minimum Gasteiger partial charge on any atom is -0.366 e. The van der Waals surface area contributed by atoms with E-state index in [1.54, 1.807) is 0 Å². The van der Waals surface area contributed by atoms with Gasteiger partial charge in [-0.3, -0.25) is 9.69 Å². The molecule has 2 saturated heterocycles. The molecule has 1 amide bonds. The molecule has 2 aliphatic rings. The van der Waals surface area contributed by atoms with Gasteiger partial charge in [-0.1, -0.05) is 6.92 Å². The Labute approximate surface area is 109 Å². The third kappa shape index (κ3) is 3.93. The summed E-state index contributed by atoms with van der Waals surface area (Å²) in [6.45, 7) is 8.34. The van der Waals surface area contributed by atoms with E-state index in [9.17, 15) is 4.79 Å². The van der Waals surface area contributed by atoms with Crippen LogP contribution in [-0.2, 0) is 9.53 Å². The van der Waals surface area contributed by atoms with Crippen molar-refractivity contribution in [3.8, 4) is 0 Å². The predicted molar refractivity (Wildman–Crippen MR) is 70.5 cm³/mol. The molecule has 18 heavy (non-hydrogen) atoms. The van der Waals surface area contributed by atoms with Gasteiger partial charge in [0.1, 0.15) is 6.10 Å². The van der Waals surface area contributed by atoms with Crippen molar-refractivity contribution in [2.24, 2.45) is 5.92 Å². The molecule has 2 unspecified atom stereocenters. The minimum absolute atomic E-state index is 0.0544. The molecule has 0 aromatic rings. The van der Waals surface area contributed by atoms with Gasteiger partial charge in [0, 0.05) is 19.6 Å². The maximum Gasteiger partial charge on any atom is 0.250 e. The summed E-state index contributed by atoms with van der Waals surface area (Å²) in [7, 11) is 0. The molecule has 5 heteroatoms. The van der Waals surface area contributed by atoms with Crippen molar-refractivity contribution in [1.82, 2.24) is 15.5 Å². The third-order valence-electron chi connectivity index (χ3n) is 3.85. The van der Waals surface area contributed by atoms with E-state index in [2.05, 4.69) is 22.5 Å². The summed E-state index contributed by atoms with van der Waals surface area (Å²) < 4.78 is 5.54. The molecule has 0 spiro atoms. The second-order valence-corrected chi connectivity index (χ2v) is 5.21. The number of hydrogen-bond acceptors (Lipinski definition) is 4. The van der Waals surface area contributed by atoms with Gasteiger partial charge in [-0.25, -0.2) is 0 Å². The van der Waals surface area contributed by atoms with Gasteiger partial charge in [0.2, 0.25) is 5.91 Å². The highest BCUT2D eigenvalue weighted by atomic mass is 16.5. The molecule has 2 heterocycles. The monoisotopic (exact) mass is 255 g/mol. The summed E-state index contributed by atoms with van der Waals surface area (Å²) in [6, 6.07) is 0. The molecule has 104 valence electrons. The molecular formula is C13H25N3O2. The van der Waals surface area contributed by atoms with Crippen molar-refractivity contribution >= 4 is 5.91 Å². The lowest BCUT2D eigenvalue weighted by Crippen LogP contribution is -2.50. The number of nitrogens with zero attached hydrogens (tertiary/aromatic N) is 1. The summed E-state index contributed by atoms with van der Waals surface area (Å²) in [6.07, 6.45) is 2.14. The first kappa shape index (κ1) is 13.8. The number of ether oxygens (including phenoxy) is 1. The highest BCUT2D eigenvalue weighted by Crippen LogP contribution is 2.09. The summed E-state index contributed by atoms with van der Waals surface area (Å²) in [5.41, 5.74) is 0. The number of carbonyl (C=O) groups is 1. The van der Waals surface area contributed by atoms with E-state index in [4.69, 9.17) is 4.74 Å². The number of carbonyl (C=O) groups excluding carboxylic acids is 1. The quantitative estimate of drug-likeness (QED) is 0.732. The fourth-order valence-electron chi connectivity index (χ4n) is 2.61. The summed E-state index contributed by atoms with van der Waals surface area (Å²) >= 11 is 0. The normalized spacial score (nSPS) is 30.1. The standard InChI is InChI=1S/C13H25N3O2/c1-2-16-6-7-18-12(10-16)13(17)15-9-11-4-3-5-14-8-11/h11-12,14H,2-10H2,1H3,(H,15,17). The first-order valence-electron chi connectivity index (χ1n) is 7.12. The van der Waals surface area contributed by atoms with Crippen LogP contribution in [-0.4, -0.2) is 62.8 Å². The van der Waals surface area contributed by atoms with E-state index < -0.39 is 0 Å².